The van der Waals surface area contributed by atoms with Gasteiger partial charge >= 0.3 is 5.97 Å². The molecular formula is C10H19NO2. The van der Waals surface area contributed by atoms with E-state index in [1.807, 2.05) is 6.92 Å². The molecule has 0 radical (unpaired) electrons. The highest BCUT2D eigenvalue weighted by molar-refractivity contribution is 5.66. The minimum Gasteiger partial charge on any atom is -0.461 e. The van der Waals surface area contributed by atoms with E-state index < -0.39 is 0 Å². The molecule has 3 nitrogen and oxygen atoms in total. The summed E-state index contributed by atoms with van der Waals surface area (Å²) < 4.78 is 5.07. The van der Waals surface area contributed by atoms with E-state index in [2.05, 4.69) is 4.90 Å². The van der Waals surface area contributed by atoms with Crippen LogP contribution in [0.5, 0.6) is 0 Å². The predicted molar refractivity (Wildman–Crippen MR) is 51.5 cm³/mol. The summed E-state index contributed by atoms with van der Waals surface area (Å²) >= 11 is 0. The minimum absolute atomic E-state index is 0.0376. The van der Waals surface area contributed by atoms with Crippen LogP contribution in [-0.4, -0.2) is 36.6 Å². The van der Waals surface area contributed by atoms with Crippen LogP contribution in [0.25, 0.3) is 0 Å². The van der Waals surface area contributed by atoms with E-state index in [0.717, 1.165) is 19.6 Å². The van der Waals surface area contributed by atoms with Crippen molar-refractivity contribution in [1.82, 2.24) is 4.90 Å². The van der Waals surface area contributed by atoms with Gasteiger partial charge < -0.3 is 4.74 Å². The highest BCUT2D eigenvalue weighted by Crippen LogP contribution is 2.09. The SMILES string of the molecule is CC(=O)O[C@H](C)CN1CCCCC1. The largest absolute Gasteiger partial charge is 0.461 e. The zero-order valence-electron chi connectivity index (χ0n) is 8.58. The Morgan fingerprint density at radius 2 is 2.00 bits per heavy atom. The maximum atomic E-state index is 10.7. The van der Waals surface area contributed by atoms with Crippen LogP contribution in [0.4, 0.5) is 0 Å². The van der Waals surface area contributed by atoms with Crippen LogP contribution in [0.3, 0.4) is 0 Å². The summed E-state index contributed by atoms with van der Waals surface area (Å²) in [6.45, 7) is 6.62. The summed E-state index contributed by atoms with van der Waals surface area (Å²) in [6.07, 6.45) is 3.95. The van der Waals surface area contributed by atoms with Crippen molar-refractivity contribution >= 4 is 5.97 Å². The molecule has 0 aromatic rings. The molecule has 3 heteroatoms. The Labute approximate surface area is 80.1 Å². The molecule has 1 aliphatic heterocycles. The van der Waals surface area contributed by atoms with Gasteiger partial charge in [-0.25, -0.2) is 0 Å². The monoisotopic (exact) mass is 185 g/mol. The number of nitrogens with zero attached hydrogens (tertiary/aromatic N) is 1. The van der Waals surface area contributed by atoms with E-state index in [1.54, 1.807) is 0 Å². The molecule has 0 unspecified atom stereocenters. The topological polar surface area (TPSA) is 29.5 Å². The maximum Gasteiger partial charge on any atom is 0.302 e. The second kappa shape index (κ2) is 5.22. The first-order valence-electron chi connectivity index (χ1n) is 5.08. The summed E-state index contributed by atoms with van der Waals surface area (Å²) in [5.74, 6) is -0.176. The van der Waals surface area contributed by atoms with Crippen molar-refractivity contribution in [3.63, 3.8) is 0 Å². The lowest BCUT2D eigenvalue weighted by Gasteiger charge is -2.28. The van der Waals surface area contributed by atoms with Gasteiger partial charge in [0.1, 0.15) is 6.10 Å². The molecular weight excluding hydrogens is 166 g/mol. The first kappa shape index (κ1) is 10.5. The van der Waals surface area contributed by atoms with Crippen molar-refractivity contribution in [2.45, 2.75) is 39.2 Å². The third kappa shape index (κ3) is 4.27. The molecule has 0 bridgehead atoms. The summed E-state index contributed by atoms with van der Waals surface area (Å²) in [5.41, 5.74) is 0. The van der Waals surface area contributed by atoms with E-state index in [1.165, 1.54) is 26.2 Å². The number of esters is 1. The van der Waals surface area contributed by atoms with Crippen molar-refractivity contribution in [3.8, 4) is 0 Å². The van der Waals surface area contributed by atoms with Crippen LogP contribution < -0.4 is 0 Å². The van der Waals surface area contributed by atoms with Crippen LogP contribution in [0.2, 0.25) is 0 Å². The molecule has 1 saturated heterocycles. The van der Waals surface area contributed by atoms with Gasteiger partial charge in [-0.2, -0.15) is 0 Å². The zero-order valence-corrected chi connectivity index (χ0v) is 8.58. The van der Waals surface area contributed by atoms with Gasteiger partial charge in [-0.1, -0.05) is 6.42 Å². The molecule has 0 aromatic carbocycles. The van der Waals surface area contributed by atoms with Crippen LogP contribution in [-0.2, 0) is 9.53 Å². The van der Waals surface area contributed by atoms with Gasteiger partial charge in [-0.15, -0.1) is 0 Å². The molecule has 0 aliphatic carbocycles. The summed E-state index contributed by atoms with van der Waals surface area (Å²) in [6, 6.07) is 0. The molecule has 0 N–H and O–H groups in total. The molecule has 0 saturated carbocycles. The molecule has 13 heavy (non-hydrogen) atoms. The van der Waals surface area contributed by atoms with Gasteiger partial charge in [0.15, 0.2) is 0 Å². The highest BCUT2D eigenvalue weighted by Gasteiger charge is 2.14. The summed E-state index contributed by atoms with van der Waals surface area (Å²) in [7, 11) is 0. The minimum atomic E-state index is -0.176. The van der Waals surface area contributed by atoms with Gasteiger partial charge in [0.2, 0.25) is 0 Å². The van der Waals surface area contributed by atoms with Crippen LogP contribution in [0.1, 0.15) is 33.1 Å². The number of rotatable bonds is 3. The number of piperidine rings is 1. The molecule has 1 fully saturated rings. The smallest absolute Gasteiger partial charge is 0.302 e. The standard InChI is InChI=1S/C10H19NO2/c1-9(13-10(2)12)8-11-6-4-3-5-7-11/h9H,3-8H2,1-2H3/t9-/m1/s1. The van der Waals surface area contributed by atoms with Gasteiger partial charge in [-0.05, 0) is 32.9 Å². The lowest BCUT2D eigenvalue weighted by atomic mass is 10.1. The van der Waals surface area contributed by atoms with Gasteiger partial charge in [0.25, 0.3) is 0 Å². The maximum absolute atomic E-state index is 10.7. The Morgan fingerprint density at radius 3 is 2.54 bits per heavy atom. The molecule has 0 amide bonds. The normalized spacial score (nSPS) is 21.1. The van der Waals surface area contributed by atoms with Crippen LogP contribution >= 0.6 is 0 Å². The Hall–Kier alpha value is -0.570. The number of carbonyl (C=O) groups excluding carboxylic acids is 1. The zero-order chi connectivity index (χ0) is 9.68. The molecule has 1 aliphatic rings. The fourth-order valence-corrected chi connectivity index (χ4v) is 1.83. The third-order valence-electron chi connectivity index (χ3n) is 2.33. The van der Waals surface area contributed by atoms with E-state index in [4.69, 9.17) is 4.74 Å². The number of ether oxygens (including phenoxy) is 1. The molecule has 1 heterocycles. The molecule has 1 atom stereocenters. The second-order valence-corrected chi connectivity index (χ2v) is 3.78. The average molecular weight is 185 g/mol. The van der Waals surface area contributed by atoms with E-state index >= 15 is 0 Å². The fourth-order valence-electron chi connectivity index (χ4n) is 1.83. The average Bonchev–Trinajstić information content (AvgIpc) is 2.04. The number of carbonyl (C=O) groups is 1. The Kier molecular flexibility index (Phi) is 4.22. The summed E-state index contributed by atoms with van der Waals surface area (Å²) in [5, 5.41) is 0. The quantitative estimate of drug-likeness (QED) is 0.623. The Morgan fingerprint density at radius 1 is 1.38 bits per heavy atom. The third-order valence-corrected chi connectivity index (χ3v) is 2.33. The van der Waals surface area contributed by atoms with Gasteiger partial charge in [0.05, 0.1) is 0 Å². The molecule has 76 valence electrons. The number of hydrogen-bond acceptors (Lipinski definition) is 3. The van der Waals surface area contributed by atoms with Crippen molar-refractivity contribution < 1.29 is 9.53 Å². The van der Waals surface area contributed by atoms with E-state index in [9.17, 15) is 4.79 Å². The second-order valence-electron chi connectivity index (χ2n) is 3.78. The number of hydrogen-bond donors (Lipinski definition) is 0. The van der Waals surface area contributed by atoms with Gasteiger partial charge in [-0.3, -0.25) is 9.69 Å². The Bertz CT molecular complexity index is 164. The predicted octanol–water partition coefficient (Wildman–Crippen LogP) is 1.42. The van der Waals surface area contributed by atoms with Crippen molar-refractivity contribution in [2.75, 3.05) is 19.6 Å². The van der Waals surface area contributed by atoms with Crippen LogP contribution in [0.15, 0.2) is 0 Å². The first-order valence-corrected chi connectivity index (χ1v) is 5.08. The Balaban J connectivity index is 2.18. The number of likely N-dealkylation sites (tertiary alicyclic amines) is 1. The van der Waals surface area contributed by atoms with E-state index in [-0.39, 0.29) is 12.1 Å². The van der Waals surface area contributed by atoms with Gasteiger partial charge in [0, 0.05) is 13.5 Å². The van der Waals surface area contributed by atoms with Crippen molar-refractivity contribution in [2.24, 2.45) is 0 Å². The summed E-state index contributed by atoms with van der Waals surface area (Å²) in [4.78, 5) is 13.0. The lowest BCUT2D eigenvalue weighted by Crippen LogP contribution is -2.36. The van der Waals surface area contributed by atoms with Crippen LogP contribution in [0, 0.1) is 0 Å². The molecule has 0 aromatic heterocycles. The van der Waals surface area contributed by atoms with Crippen molar-refractivity contribution in [1.29, 1.82) is 0 Å². The highest BCUT2D eigenvalue weighted by atomic mass is 16.5. The fraction of sp³-hybridized carbons (Fsp3) is 0.900. The van der Waals surface area contributed by atoms with E-state index in [0.29, 0.717) is 0 Å². The molecule has 1 rings (SSSR count). The molecule has 0 spiro atoms. The van der Waals surface area contributed by atoms with Crippen molar-refractivity contribution in [3.05, 3.63) is 0 Å². The first-order chi connectivity index (χ1) is 6.18. The lowest BCUT2D eigenvalue weighted by molar-refractivity contribution is -0.146.